The van der Waals surface area contributed by atoms with Crippen LogP contribution in [0.4, 0.5) is 5.69 Å². The molecule has 0 unspecified atom stereocenters. The Kier molecular flexibility index (Phi) is 5.60. The van der Waals surface area contributed by atoms with Gasteiger partial charge in [-0.1, -0.05) is 11.6 Å². The molecule has 0 atom stereocenters. The van der Waals surface area contributed by atoms with Gasteiger partial charge >= 0.3 is 0 Å². The molecule has 2 aromatic heterocycles. The van der Waals surface area contributed by atoms with Crippen molar-refractivity contribution < 1.29 is 4.79 Å². The Morgan fingerprint density at radius 3 is 2.88 bits per heavy atom. The molecule has 3 rings (SSSR count). The molecule has 3 heterocycles. The van der Waals surface area contributed by atoms with E-state index in [1.165, 1.54) is 4.88 Å². The first kappa shape index (κ1) is 17.8. The Bertz CT molecular complexity index is 770. The fourth-order valence-electron chi connectivity index (χ4n) is 2.79. The van der Waals surface area contributed by atoms with Crippen LogP contribution in [0.5, 0.6) is 0 Å². The number of hydrogen-bond acceptors (Lipinski definition) is 4. The molecule has 0 aliphatic carbocycles. The number of thiophene rings is 1. The molecule has 0 bridgehead atoms. The van der Waals surface area contributed by atoms with E-state index in [0.29, 0.717) is 13.1 Å². The van der Waals surface area contributed by atoms with Crippen LogP contribution in [0.1, 0.15) is 4.88 Å². The van der Waals surface area contributed by atoms with Crippen LogP contribution in [-0.4, -0.2) is 59.8 Å². The highest BCUT2D eigenvalue weighted by molar-refractivity contribution is 7.16. The normalized spacial score (nSPS) is 15.8. The fourth-order valence-corrected chi connectivity index (χ4v) is 3.88. The number of carbonyl (C=O) groups is 1. The van der Waals surface area contributed by atoms with Gasteiger partial charge in [-0.2, -0.15) is 5.10 Å². The van der Waals surface area contributed by atoms with E-state index in [0.717, 1.165) is 35.5 Å². The Morgan fingerprint density at radius 1 is 1.44 bits per heavy atom. The van der Waals surface area contributed by atoms with Gasteiger partial charge in [0.05, 0.1) is 16.2 Å². The third-order valence-electron chi connectivity index (χ3n) is 4.02. The molecular formula is C16H21ClN6OS. The number of aliphatic imine (C=N–C) groups is 1. The number of piperazine rings is 1. The van der Waals surface area contributed by atoms with Gasteiger partial charge in [-0.15, -0.1) is 11.3 Å². The van der Waals surface area contributed by atoms with Crippen LogP contribution in [0.2, 0.25) is 4.34 Å². The van der Waals surface area contributed by atoms with Gasteiger partial charge in [0.25, 0.3) is 0 Å². The summed E-state index contributed by atoms with van der Waals surface area (Å²) < 4.78 is 2.50. The van der Waals surface area contributed by atoms with Gasteiger partial charge in [0.2, 0.25) is 5.91 Å². The van der Waals surface area contributed by atoms with Crippen LogP contribution in [0.25, 0.3) is 0 Å². The van der Waals surface area contributed by atoms with Crippen LogP contribution in [0.15, 0.2) is 29.5 Å². The minimum absolute atomic E-state index is 0.0484. The SMILES string of the molecule is CN=C(NCCc1ccc(Cl)s1)N1CCN(c2cnn(C)c2)C(=O)C1. The Hall–Kier alpha value is -2.06. The third kappa shape index (κ3) is 4.32. The summed E-state index contributed by atoms with van der Waals surface area (Å²) >= 11 is 7.54. The maximum absolute atomic E-state index is 12.5. The smallest absolute Gasteiger partial charge is 0.246 e. The number of halogens is 1. The van der Waals surface area contributed by atoms with Gasteiger partial charge < -0.3 is 15.1 Å². The molecule has 1 N–H and O–H groups in total. The van der Waals surface area contributed by atoms with Gasteiger partial charge in [0.15, 0.2) is 5.96 Å². The first-order valence-electron chi connectivity index (χ1n) is 8.05. The summed E-state index contributed by atoms with van der Waals surface area (Å²) in [6, 6.07) is 3.94. The van der Waals surface area contributed by atoms with Crippen LogP contribution >= 0.6 is 22.9 Å². The summed E-state index contributed by atoms with van der Waals surface area (Å²) in [6.07, 6.45) is 4.44. The number of nitrogens with one attached hydrogen (secondary N) is 1. The van der Waals surface area contributed by atoms with Gasteiger partial charge in [0.1, 0.15) is 6.54 Å². The summed E-state index contributed by atoms with van der Waals surface area (Å²) in [4.78, 5) is 21.8. The largest absolute Gasteiger partial charge is 0.356 e. The van der Waals surface area contributed by atoms with Crippen molar-refractivity contribution in [3.05, 3.63) is 33.7 Å². The number of hydrogen-bond donors (Lipinski definition) is 1. The molecule has 1 amide bonds. The molecule has 1 aliphatic heterocycles. The summed E-state index contributed by atoms with van der Waals surface area (Å²) in [5.74, 6) is 0.800. The number of nitrogens with zero attached hydrogens (tertiary/aromatic N) is 5. The van der Waals surface area contributed by atoms with E-state index in [-0.39, 0.29) is 5.91 Å². The molecule has 0 saturated carbocycles. The van der Waals surface area contributed by atoms with Crippen LogP contribution in [0.3, 0.4) is 0 Å². The van der Waals surface area contributed by atoms with Crippen molar-refractivity contribution in [1.82, 2.24) is 20.0 Å². The second-order valence-electron chi connectivity index (χ2n) is 5.77. The number of rotatable bonds is 4. The van der Waals surface area contributed by atoms with Crippen LogP contribution < -0.4 is 10.2 Å². The summed E-state index contributed by atoms with van der Waals surface area (Å²) in [7, 11) is 3.58. The van der Waals surface area contributed by atoms with Gasteiger partial charge in [-0.25, -0.2) is 0 Å². The second kappa shape index (κ2) is 7.88. The lowest BCUT2D eigenvalue weighted by molar-refractivity contribution is -0.120. The standard InChI is InChI=1S/C16H21ClN6OS/c1-18-16(19-6-5-13-3-4-14(17)25-13)22-7-8-23(15(24)11-22)12-9-20-21(2)10-12/h3-4,9-10H,5-8,11H2,1-2H3,(H,18,19). The van der Waals surface area contributed by atoms with Crippen molar-refractivity contribution >= 4 is 40.5 Å². The molecule has 25 heavy (non-hydrogen) atoms. The first-order valence-corrected chi connectivity index (χ1v) is 9.25. The zero-order valence-electron chi connectivity index (χ0n) is 14.3. The van der Waals surface area contributed by atoms with Crippen LogP contribution in [-0.2, 0) is 18.3 Å². The predicted octanol–water partition coefficient (Wildman–Crippen LogP) is 1.60. The van der Waals surface area contributed by atoms with E-state index in [9.17, 15) is 4.79 Å². The van der Waals surface area contributed by atoms with Crippen molar-refractivity contribution in [3.63, 3.8) is 0 Å². The predicted molar refractivity (Wildman–Crippen MR) is 102 cm³/mol. The van der Waals surface area contributed by atoms with Gasteiger partial charge in [-0.3, -0.25) is 14.5 Å². The van der Waals surface area contributed by atoms with E-state index in [2.05, 4.69) is 15.4 Å². The number of guanidine groups is 1. The lowest BCUT2D eigenvalue weighted by Crippen LogP contribution is -2.55. The summed E-state index contributed by atoms with van der Waals surface area (Å²) in [6.45, 7) is 2.40. The highest BCUT2D eigenvalue weighted by atomic mass is 35.5. The third-order valence-corrected chi connectivity index (χ3v) is 5.31. The highest BCUT2D eigenvalue weighted by Crippen LogP contribution is 2.21. The molecule has 9 heteroatoms. The Labute approximate surface area is 155 Å². The van der Waals surface area contributed by atoms with E-state index in [4.69, 9.17) is 11.6 Å². The van der Waals surface area contributed by atoms with Crippen molar-refractivity contribution in [2.75, 3.05) is 38.1 Å². The minimum atomic E-state index is 0.0484. The van der Waals surface area contributed by atoms with E-state index in [1.807, 2.05) is 30.3 Å². The van der Waals surface area contributed by atoms with E-state index in [1.54, 1.807) is 34.2 Å². The zero-order valence-corrected chi connectivity index (χ0v) is 15.8. The summed E-state index contributed by atoms with van der Waals surface area (Å²) in [5.41, 5.74) is 0.838. The van der Waals surface area contributed by atoms with Crippen molar-refractivity contribution in [3.8, 4) is 0 Å². The molecule has 0 aromatic carbocycles. The second-order valence-corrected chi connectivity index (χ2v) is 7.57. The highest BCUT2D eigenvalue weighted by Gasteiger charge is 2.27. The topological polar surface area (TPSA) is 65.8 Å². The number of aryl methyl sites for hydroxylation is 1. The molecule has 1 fully saturated rings. The Morgan fingerprint density at radius 2 is 2.28 bits per heavy atom. The monoisotopic (exact) mass is 380 g/mol. The first-order chi connectivity index (χ1) is 12.1. The Balaban J connectivity index is 1.53. The average molecular weight is 381 g/mol. The number of anilines is 1. The van der Waals surface area contributed by atoms with Crippen LogP contribution in [0, 0.1) is 0 Å². The number of aromatic nitrogens is 2. The maximum Gasteiger partial charge on any atom is 0.246 e. The quantitative estimate of drug-likeness (QED) is 0.646. The van der Waals surface area contributed by atoms with Crippen molar-refractivity contribution in [2.45, 2.75) is 6.42 Å². The number of carbonyl (C=O) groups excluding carboxylic acids is 1. The maximum atomic E-state index is 12.5. The molecule has 0 radical (unpaired) electrons. The number of amides is 1. The van der Waals surface area contributed by atoms with Crippen molar-refractivity contribution in [1.29, 1.82) is 0 Å². The fraction of sp³-hybridized carbons (Fsp3) is 0.438. The molecule has 2 aromatic rings. The molecule has 0 spiro atoms. The molecule has 7 nitrogen and oxygen atoms in total. The molecule has 1 aliphatic rings. The van der Waals surface area contributed by atoms with Gasteiger partial charge in [0, 0.05) is 44.8 Å². The van der Waals surface area contributed by atoms with Gasteiger partial charge in [-0.05, 0) is 18.6 Å². The minimum Gasteiger partial charge on any atom is -0.356 e. The van der Waals surface area contributed by atoms with E-state index >= 15 is 0 Å². The molecule has 1 saturated heterocycles. The lowest BCUT2D eigenvalue weighted by atomic mass is 10.3. The summed E-state index contributed by atoms with van der Waals surface area (Å²) in [5, 5.41) is 7.46. The van der Waals surface area contributed by atoms with Crippen molar-refractivity contribution in [2.24, 2.45) is 12.0 Å². The lowest BCUT2D eigenvalue weighted by Gasteiger charge is -2.35. The average Bonchev–Trinajstić information content (AvgIpc) is 3.20. The zero-order chi connectivity index (χ0) is 17.8. The molecule has 134 valence electrons. The molecular weight excluding hydrogens is 360 g/mol. The van der Waals surface area contributed by atoms with E-state index < -0.39 is 0 Å².